The number of carbonyl (C=O) groups is 1. The standard InChI is InChI=1S/C9H11NO5S/c11-9(12)6-10-5-7-1-3-8(4-2-7)16(13,14)15/h1-4,10H,5-6H2,(H,11,12)(H,13,14,15). The van der Waals surface area contributed by atoms with Crippen molar-refractivity contribution in [3.05, 3.63) is 29.8 Å². The molecule has 16 heavy (non-hydrogen) atoms. The molecule has 0 aliphatic heterocycles. The molecule has 88 valence electrons. The summed E-state index contributed by atoms with van der Waals surface area (Å²) in [6.45, 7) is 0.151. The number of benzene rings is 1. The molecule has 0 saturated heterocycles. The minimum absolute atomic E-state index is 0.167. The minimum atomic E-state index is -4.17. The molecule has 1 aromatic rings. The van der Waals surface area contributed by atoms with Crippen LogP contribution in [0, 0.1) is 0 Å². The molecule has 0 bridgehead atoms. The maximum atomic E-state index is 10.7. The Balaban J connectivity index is 2.62. The second-order valence-corrected chi connectivity index (χ2v) is 4.54. The van der Waals surface area contributed by atoms with E-state index in [9.17, 15) is 13.2 Å². The fourth-order valence-electron chi connectivity index (χ4n) is 1.09. The zero-order valence-electron chi connectivity index (χ0n) is 8.25. The summed E-state index contributed by atoms with van der Waals surface area (Å²) in [7, 11) is -4.17. The largest absolute Gasteiger partial charge is 0.480 e. The smallest absolute Gasteiger partial charge is 0.317 e. The van der Waals surface area contributed by atoms with E-state index in [1.807, 2.05) is 0 Å². The van der Waals surface area contributed by atoms with Crippen LogP contribution in [0.25, 0.3) is 0 Å². The molecule has 0 heterocycles. The highest BCUT2D eigenvalue weighted by atomic mass is 32.2. The van der Waals surface area contributed by atoms with Gasteiger partial charge >= 0.3 is 5.97 Å². The summed E-state index contributed by atoms with van der Waals surface area (Å²) in [5.41, 5.74) is 0.730. The minimum Gasteiger partial charge on any atom is -0.480 e. The highest BCUT2D eigenvalue weighted by Gasteiger charge is 2.08. The van der Waals surface area contributed by atoms with Gasteiger partial charge in [0.2, 0.25) is 0 Å². The van der Waals surface area contributed by atoms with E-state index in [1.54, 1.807) is 0 Å². The van der Waals surface area contributed by atoms with Crippen molar-refractivity contribution in [2.24, 2.45) is 0 Å². The Morgan fingerprint density at radius 3 is 2.25 bits per heavy atom. The van der Waals surface area contributed by atoms with Crippen LogP contribution in [0.15, 0.2) is 29.2 Å². The molecular formula is C9H11NO5S. The van der Waals surface area contributed by atoms with Gasteiger partial charge in [0.15, 0.2) is 0 Å². The van der Waals surface area contributed by atoms with E-state index >= 15 is 0 Å². The van der Waals surface area contributed by atoms with Gasteiger partial charge in [-0.3, -0.25) is 9.35 Å². The van der Waals surface area contributed by atoms with Crippen molar-refractivity contribution in [2.45, 2.75) is 11.4 Å². The molecule has 0 amide bonds. The van der Waals surface area contributed by atoms with Gasteiger partial charge in [-0.15, -0.1) is 0 Å². The number of carboxylic acid groups (broad SMARTS) is 1. The van der Waals surface area contributed by atoms with E-state index in [0.717, 1.165) is 5.56 Å². The lowest BCUT2D eigenvalue weighted by Gasteiger charge is -2.02. The maximum absolute atomic E-state index is 10.7. The summed E-state index contributed by atoms with van der Waals surface area (Å²) < 4.78 is 30.1. The first kappa shape index (κ1) is 12.6. The van der Waals surface area contributed by atoms with Crippen molar-refractivity contribution in [1.29, 1.82) is 0 Å². The lowest BCUT2D eigenvalue weighted by Crippen LogP contribution is -2.21. The zero-order chi connectivity index (χ0) is 12.2. The summed E-state index contributed by atoms with van der Waals surface area (Å²) in [4.78, 5) is 10.0. The van der Waals surface area contributed by atoms with E-state index in [2.05, 4.69) is 5.32 Å². The maximum Gasteiger partial charge on any atom is 0.317 e. The van der Waals surface area contributed by atoms with Crippen molar-refractivity contribution < 1.29 is 22.9 Å². The molecule has 0 aliphatic carbocycles. The van der Waals surface area contributed by atoms with Gasteiger partial charge in [-0.2, -0.15) is 8.42 Å². The molecule has 0 fully saturated rings. The number of aliphatic carboxylic acids is 1. The summed E-state index contributed by atoms with van der Waals surface area (Å²) in [5.74, 6) is -0.963. The molecule has 0 saturated carbocycles. The molecule has 7 heteroatoms. The normalized spacial score (nSPS) is 11.3. The van der Waals surface area contributed by atoms with Gasteiger partial charge in [-0.05, 0) is 17.7 Å². The van der Waals surface area contributed by atoms with E-state index in [0.29, 0.717) is 6.54 Å². The molecule has 6 nitrogen and oxygen atoms in total. The number of carboxylic acids is 1. The van der Waals surface area contributed by atoms with Gasteiger partial charge in [0, 0.05) is 6.54 Å². The summed E-state index contributed by atoms with van der Waals surface area (Å²) in [6, 6.07) is 5.51. The van der Waals surface area contributed by atoms with E-state index in [1.165, 1.54) is 24.3 Å². The lowest BCUT2D eigenvalue weighted by molar-refractivity contribution is -0.135. The third kappa shape index (κ3) is 3.97. The van der Waals surface area contributed by atoms with Crippen molar-refractivity contribution in [2.75, 3.05) is 6.54 Å². The van der Waals surface area contributed by atoms with Gasteiger partial charge in [0.1, 0.15) is 0 Å². The Labute approximate surface area is 92.7 Å². The van der Waals surface area contributed by atoms with Crippen LogP contribution in [-0.4, -0.2) is 30.6 Å². The van der Waals surface area contributed by atoms with Gasteiger partial charge in [-0.25, -0.2) is 0 Å². The second kappa shape index (κ2) is 5.06. The fourth-order valence-corrected chi connectivity index (χ4v) is 1.57. The Morgan fingerprint density at radius 2 is 1.81 bits per heavy atom. The summed E-state index contributed by atoms with van der Waals surface area (Å²) in [5, 5.41) is 11.0. The summed E-state index contributed by atoms with van der Waals surface area (Å²) in [6.07, 6.45) is 0. The Bertz CT molecular complexity index is 465. The quantitative estimate of drug-likeness (QED) is 0.636. The first-order chi connectivity index (χ1) is 7.39. The molecule has 3 N–H and O–H groups in total. The van der Waals surface area contributed by atoms with Gasteiger partial charge < -0.3 is 10.4 Å². The Hall–Kier alpha value is -1.44. The molecule has 0 atom stereocenters. The molecule has 1 aromatic carbocycles. The Kier molecular flexibility index (Phi) is 3.99. The number of nitrogens with one attached hydrogen (secondary N) is 1. The van der Waals surface area contributed by atoms with Crippen molar-refractivity contribution >= 4 is 16.1 Å². The fraction of sp³-hybridized carbons (Fsp3) is 0.222. The van der Waals surface area contributed by atoms with E-state index < -0.39 is 16.1 Å². The highest BCUT2D eigenvalue weighted by Crippen LogP contribution is 2.09. The number of hydrogen-bond donors (Lipinski definition) is 3. The molecule has 0 aliphatic rings. The van der Waals surface area contributed by atoms with Crippen LogP contribution in [0.4, 0.5) is 0 Å². The zero-order valence-corrected chi connectivity index (χ0v) is 9.07. The summed E-state index contributed by atoms with van der Waals surface area (Å²) >= 11 is 0. The topological polar surface area (TPSA) is 104 Å². The molecule has 0 radical (unpaired) electrons. The van der Waals surface area contributed by atoms with Crippen LogP contribution < -0.4 is 5.32 Å². The lowest BCUT2D eigenvalue weighted by atomic mass is 10.2. The van der Waals surface area contributed by atoms with Gasteiger partial charge in [-0.1, -0.05) is 12.1 Å². The second-order valence-electron chi connectivity index (χ2n) is 3.12. The average Bonchev–Trinajstić information content (AvgIpc) is 2.16. The predicted octanol–water partition coefficient (Wildman–Crippen LogP) is 0.107. The van der Waals surface area contributed by atoms with Crippen molar-refractivity contribution in [3.63, 3.8) is 0 Å². The third-order valence-electron chi connectivity index (χ3n) is 1.83. The Morgan fingerprint density at radius 1 is 1.25 bits per heavy atom. The first-order valence-corrected chi connectivity index (χ1v) is 5.82. The monoisotopic (exact) mass is 245 g/mol. The van der Waals surface area contributed by atoms with Crippen molar-refractivity contribution in [3.8, 4) is 0 Å². The van der Waals surface area contributed by atoms with Crippen LogP contribution in [-0.2, 0) is 21.5 Å². The van der Waals surface area contributed by atoms with E-state index in [4.69, 9.17) is 9.66 Å². The molecule has 0 aromatic heterocycles. The average molecular weight is 245 g/mol. The first-order valence-electron chi connectivity index (χ1n) is 4.38. The van der Waals surface area contributed by atoms with Crippen LogP contribution in [0.3, 0.4) is 0 Å². The predicted molar refractivity (Wildman–Crippen MR) is 55.6 cm³/mol. The third-order valence-corrected chi connectivity index (χ3v) is 2.69. The van der Waals surface area contributed by atoms with Crippen LogP contribution in [0.5, 0.6) is 0 Å². The van der Waals surface area contributed by atoms with Crippen LogP contribution >= 0.6 is 0 Å². The molecule has 0 unspecified atom stereocenters. The highest BCUT2D eigenvalue weighted by molar-refractivity contribution is 7.85. The van der Waals surface area contributed by atoms with Crippen LogP contribution in [0.1, 0.15) is 5.56 Å². The van der Waals surface area contributed by atoms with Crippen molar-refractivity contribution in [1.82, 2.24) is 5.32 Å². The molecule has 1 rings (SSSR count). The number of hydrogen-bond acceptors (Lipinski definition) is 4. The molecule has 0 spiro atoms. The van der Waals surface area contributed by atoms with Crippen LogP contribution in [0.2, 0.25) is 0 Å². The molecular weight excluding hydrogens is 234 g/mol. The van der Waals surface area contributed by atoms with Gasteiger partial charge in [0.25, 0.3) is 10.1 Å². The number of rotatable bonds is 5. The van der Waals surface area contributed by atoms with E-state index in [-0.39, 0.29) is 11.4 Å². The SMILES string of the molecule is O=C(O)CNCc1ccc(S(=O)(=O)O)cc1. The van der Waals surface area contributed by atoms with Gasteiger partial charge in [0.05, 0.1) is 11.4 Å².